The Bertz CT molecular complexity index is 559. The lowest BCUT2D eigenvalue weighted by atomic mass is 10.0. The van der Waals surface area contributed by atoms with Gasteiger partial charge in [-0.25, -0.2) is 0 Å². The number of benzene rings is 2. The minimum atomic E-state index is 0.214. The van der Waals surface area contributed by atoms with Gasteiger partial charge < -0.3 is 14.6 Å². The van der Waals surface area contributed by atoms with Crippen LogP contribution in [0.4, 0.5) is 0 Å². The Hall–Kier alpha value is -1.74. The fourth-order valence-corrected chi connectivity index (χ4v) is 2.44. The molecule has 1 fully saturated rings. The van der Waals surface area contributed by atoms with Crippen molar-refractivity contribution in [3.8, 4) is 11.5 Å². The fraction of sp³-hybridized carbons (Fsp3) is 0.375. The van der Waals surface area contributed by atoms with Gasteiger partial charge in [-0.3, -0.25) is 0 Å². The molecule has 1 aliphatic heterocycles. The third-order valence-electron chi connectivity index (χ3n) is 3.64. The van der Waals surface area contributed by atoms with Gasteiger partial charge in [0.05, 0.1) is 6.61 Å². The Kier molecular flexibility index (Phi) is 3.56. The highest BCUT2D eigenvalue weighted by Crippen LogP contribution is 2.32. The van der Waals surface area contributed by atoms with E-state index in [9.17, 15) is 5.11 Å². The van der Waals surface area contributed by atoms with Gasteiger partial charge in [0.1, 0.15) is 0 Å². The zero-order valence-electron chi connectivity index (χ0n) is 10.8. The largest absolute Gasteiger partial charge is 0.504 e. The summed E-state index contributed by atoms with van der Waals surface area (Å²) in [5, 5.41) is 12.1. The van der Waals surface area contributed by atoms with Gasteiger partial charge in [0.2, 0.25) is 0 Å². The number of hydrogen-bond donors (Lipinski definition) is 1. The molecule has 0 radical (unpaired) electrons. The zero-order chi connectivity index (χ0) is 13.1. The smallest absolute Gasteiger partial charge is 0.161 e. The van der Waals surface area contributed by atoms with Crippen LogP contribution in [0.3, 0.4) is 0 Å². The maximum Gasteiger partial charge on any atom is 0.161 e. The van der Waals surface area contributed by atoms with Crippen molar-refractivity contribution in [1.82, 2.24) is 0 Å². The second-order valence-corrected chi connectivity index (χ2v) is 5.03. The van der Waals surface area contributed by atoms with E-state index in [0.29, 0.717) is 18.3 Å². The van der Waals surface area contributed by atoms with Gasteiger partial charge in [-0.1, -0.05) is 24.3 Å². The van der Waals surface area contributed by atoms with Crippen molar-refractivity contribution in [2.45, 2.75) is 12.8 Å². The summed E-state index contributed by atoms with van der Waals surface area (Å²) in [6, 6.07) is 11.6. The molecule has 100 valence electrons. The molecule has 1 saturated heterocycles. The third kappa shape index (κ3) is 2.82. The molecule has 0 aliphatic carbocycles. The summed E-state index contributed by atoms with van der Waals surface area (Å²) in [6.07, 6.45) is 2.07. The predicted molar refractivity (Wildman–Crippen MR) is 74.7 cm³/mol. The minimum absolute atomic E-state index is 0.214. The summed E-state index contributed by atoms with van der Waals surface area (Å²) in [5.41, 5.74) is 0. The molecule has 19 heavy (non-hydrogen) atoms. The van der Waals surface area contributed by atoms with Crippen molar-refractivity contribution in [3.63, 3.8) is 0 Å². The zero-order valence-corrected chi connectivity index (χ0v) is 10.8. The molecule has 3 nitrogen and oxygen atoms in total. The standard InChI is InChI=1S/C16H18O3/c17-15-9-13-3-1-2-4-14(13)10-16(15)19-11-12-5-7-18-8-6-12/h1-4,9-10,12,17H,5-8,11H2. The average molecular weight is 258 g/mol. The number of rotatable bonds is 3. The lowest BCUT2D eigenvalue weighted by molar-refractivity contribution is 0.0494. The molecule has 0 bridgehead atoms. The van der Waals surface area contributed by atoms with E-state index in [-0.39, 0.29) is 5.75 Å². The number of phenolic OH excluding ortho intramolecular Hbond substituents is 1. The average Bonchev–Trinajstić information content (AvgIpc) is 2.46. The van der Waals surface area contributed by atoms with Gasteiger partial charge in [-0.2, -0.15) is 0 Å². The van der Waals surface area contributed by atoms with Gasteiger partial charge in [-0.05, 0) is 41.7 Å². The first-order valence-electron chi connectivity index (χ1n) is 6.75. The van der Waals surface area contributed by atoms with Crippen LogP contribution in [-0.2, 0) is 4.74 Å². The molecule has 3 heteroatoms. The lowest BCUT2D eigenvalue weighted by Crippen LogP contribution is -2.21. The molecular weight excluding hydrogens is 240 g/mol. The van der Waals surface area contributed by atoms with E-state index in [0.717, 1.165) is 36.8 Å². The lowest BCUT2D eigenvalue weighted by Gasteiger charge is -2.22. The summed E-state index contributed by atoms with van der Waals surface area (Å²) in [5.74, 6) is 1.32. The Morgan fingerprint density at radius 1 is 1.11 bits per heavy atom. The Morgan fingerprint density at radius 3 is 2.53 bits per heavy atom. The summed E-state index contributed by atoms with van der Waals surface area (Å²) in [4.78, 5) is 0. The van der Waals surface area contributed by atoms with Crippen molar-refractivity contribution in [2.24, 2.45) is 5.92 Å². The van der Waals surface area contributed by atoms with Crippen LogP contribution in [0.25, 0.3) is 10.8 Å². The van der Waals surface area contributed by atoms with Gasteiger partial charge in [0.15, 0.2) is 11.5 Å². The molecule has 1 heterocycles. The second-order valence-electron chi connectivity index (χ2n) is 5.03. The Balaban J connectivity index is 1.74. The van der Waals surface area contributed by atoms with Crippen LogP contribution >= 0.6 is 0 Å². The highest BCUT2D eigenvalue weighted by Gasteiger charge is 2.15. The van der Waals surface area contributed by atoms with Crippen LogP contribution in [0.2, 0.25) is 0 Å². The maximum absolute atomic E-state index is 9.99. The van der Waals surface area contributed by atoms with E-state index in [1.165, 1.54) is 0 Å². The summed E-state index contributed by atoms with van der Waals surface area (Å²) in [7, 11) is 0. The van der Waals surface area contributed by atoms with E-state index in [1.54, 1.807) is 6.07 Å². The van der Waals surface area contributed by atoms with E-state index in [1.807, 2.05) is 30.3 Å². The summed E-state index contributed by atoms with van der Waals surface area (Å²) < 4.78 is 11.1. The minimum Gasteiger partial charge on any atom is -0.504 e. The molecule has 1 aliphatic rings. The van der Waals surface area contributed by atoms with Crippen LogP contribution in [0.1, 0.15) is 12.8 Å². The van der Waals surface area contributed by atoms with E-state index >= 15 is 0 Å². The predicted octanol–water partition coefficient (Wildman–Crippen LogP) is 3.35. The molecule has 0 unspecified atom stereocenters. The van der Waals surface area contributed by atoms with Crippen LogP contribution in [0.15, 0.2) is 36.4 Å². The highest BCUT2D eigenvalue weighted by molar-refractivity contribution is 5.85. The van der Waals surface area contributed by atoms with Gasteiger partial charge in [0, 0.05) is 13.2 Å². The number of hydrogen-bond acceptors (Lipinski definition) is 3. The SMILES string of the molecule is Oc1cc2ccccc2cc1OCC1CCOCC1. The molecule has 2 aromatic rings. The fourth-order valence-electron chi connectivity index (χ4n) is 2.44. The molecule has 0 saturated carbocycles. The van der Waals surface area contributed by atoms with Crippen molar-refractivity contribution in [1.29, 1.82) is 0 Å². The number of fused-ring (bicyclic) bond motifs is 1. The number of phenols is 1. The van der Waals surface area contributed by atoms with Crippen LogP contribution in [0.5, 0.6) is 11.5 Å². The molecule has 1 N–H and O–H groups in total. The monoisotopic (exact) mass is 258 g/mol. The molecule has 2 aromatic carbocycles. The normalized spacial score (nSPS) is 16.6. The van der Waals surface area contributed by atoms with E-state index < -0.39 is 0 Å². The topological polar surface area (TPSA) is 38.7 Å². The van der Waals surface area contributed by atoms with Crippen LogP contribution in [-0.4, -0.2) is 24.9 Å². The molecule has 0 spiro atoms. The first-order chi connectivity index (χ1) is 9.33. The maximum atomic E-state index is 9.99. The third-order valence-corrected chi connectivity index (χ3v) is 3.64. The Morgan fingerprint density at radius 2 is 1.79 bits per heavy atom. The first kappa shape index (κ1) is 12.3. The van der Waals surface area contributed by atoms with E-state index in [2.05, 4.69) is 0 Å². The van der Waals surface area contributed by atoms with Crippen molar-refractivity contribution < 1.29 is 14.6 Å². The first-order valence-corrected chi connectivity index (χ1v) is 6.75. The van der Waals surface area contributed by atoms with Gasteiger partial charge in [-0.15, -0.1) is 0 Å². The quantitative estimate of drug-likeness (QED) is 0.917. The summed E-state index contributed by atoms with van der Waals surface area (Å²) >= 11 is 0. The second kappa shape index (κ2) is 5.49. The molecule has 0 amide bonds. The molecule has 3 rings (SSSR count). The molecular formula is C16H18O3. The van der Waals surface area contributed by atoms with Crippen LogP contribution in [0, 0.1) is 5.92 Å². The van der Waals surface area contributed by atoms with E-state index in [4.69, 9.17) is 9.47 Å². The highest BCUT2D eigenvalue weighted by atomic mass is 16.5. The van der Waals surface area contributed by atoms with Gasteiger partial charge >= 0.3 is 0 Å². The Labute approximate surface area is 112 Å². The number of aromatic hydroxyl groups is 1. The number of ether oxygens (including phenoxy) is 2. The van der Waals surface area contributed by atoms with Crippen LogP contribution < -0.4 is 4.74 Å². The summed E-state index contributed by atoms with van der Waals surface area (Å²) in [6.45, 7) is 2.28. The molecule has 0 aromatic heterocycles. The van der Waals surface area contributed by atoms with Crippen molar-refractivity contribution in [2.75, 3.05) is 19.8 Å². The van der Waals surface area contributed by atoms with Crippen molar-refractivity contribution in [3.05, 3.63) is 36.4 Å². The molecule has 0 atom stereocenters. The van der Waals surface area contributed by atoms with Crippen molar-refractivity contribution >= 4 is 10.8 Å². The van der Waals surface area contributed by atoms with Gasteiger partial charge in [0.25, 0.3) is 0 Å².